The van der Waals surface area contributed by atoms with Crippen LogP contribution >= 0.6 is 24.8 Å². The summed E-state index contributed by atoms with van der Waals surface area (Å²) in [4.78, 5) is 16.4. The van der Waals surface area contributed by atoms with E-state index < -0.39 is 0 Å². The Morgan fingerprint density at radius 2 is 1.95 bits per heavy atom. The third kappa shape index (κ3) is 4.32. The number of nitrogens with one attached hydrogen (secondary N) is 1. The van der Waals surface area contributed by atoms with Crippen molar-refractivity contribution < 1.29 is 4.79 Å². The SMILES string of the molecule is Cc1cc2n(n1)CCN(CC(=O)N1CCNCC1)C2.Cl.Cl. The molecule has 1 fully saturated rings. The fourth-order valence-electron chi connectivity index (χ4n) is 2.80. The molecular formula is C13H23Cl2N5O. The van der Waals surface area contributed by atoms with Crippen molar-refractivity contribution in [3.63, 3.8) is 0 Å². The zero-order chi connectivity index (χ0) is 13.2. The molecule has 0 bridgehead atoms. The van der Waals surface area contributed by atoms with Crippen LogP contribution in [0.3, 0.4) is 0 Å². The van der Waals surface area contributed by atoms with Crippen molar-refractivity contribution in [2.75, 3.05) is 39.3 Å². The lowest BCUT2D eigenvalue weighted by Gasteiger charge is -2.32. The number of carbonyl (C=O) groups is 1. The van der Waals surface area contributed by atoms with Gasteiger partial charge in [-0.2, -0.15) is 5.10 Å². The van der Waals surface area contributed by atoms with Gasteiger partial charge in [0.2, 0.25) is 5.91 Å². The van der Waals surface area contributed by atoms with Gasteiger partial charge in [-0.1, -0.05) is 0 Å². The lowest BCUT2D eigenvalue weighted by atomic mass is 10.2. The van der Waals surface area contributed by atoms with Crippen molar-refractivity contribution in [3.8, 4) is 0 Å². The molecule has 21 heavy (non-hydrogen) atoms. The van der Waals surface area contributed by atoms with Crippen LogP contribution in [0.4, 0.5) is 0 Å². The third-order valence-corrected chi connectivity index (χ3v) is 3.83. The van der Waals surface area contributed by atoms with E-state index in [2.05, 4.69) is 26.1 Å². The van der Waals surface area contributed by atoms with Crippen molar-refractivity contribution in [3.05, 3.63) is 17.5 Å². The maximum atomic E-state index is 12.2. The summed E-state index contributed by atoms with van der Waals surface area (Å²) in [7, 11) is 0. The first-order chi connectivity index (χ1) is 9.22. The Kier molecular flexibility index (Phi) is 6.93. The Morgan fingerprint density at radius 3 is 2.67 bits per heavy atom. The van der Waals surface area contributed by atoms with Crippen LogP contribution in [0.15, 0.2) is 6.07 Å². The van der Waals surface area contributed by atoms with Crippen LogP contribution in [0.25, 0.3) is 0 Å². The molecule has 0 aliphatic carbocycles. The second kappa shape index (κ2) is 7.98. The molecule has 0 unspecified atom stereocenters. The Labute approximate surface area is 137 Å². The van der Waals surface area contributed by atoms with E-state index in [1.807, 2.05) is 11.8 Å². The number of halogens is 2. The highest BCUT2D eigenvalue weighted by Crippen LogP contribution is 2.13. The van der Waals surface area contributed by atoms with Gasteiger partial charge in [-0.3, -0.25) is 14.4 Å². The molecule has 2 aliphatic heterocycles. The van der Waals surface area contributed by atoms with Gasteiger partial charge in [0.25, 0.3) is 0 Å². The van der Waals surface area contributed by atoms with E-state index in [9.17, 15) is 4.79 Å². The lowest BCUT2D eigenvalue weighted by Crippen LogP contribution is -2.50. The average molecular weight is 336 g/mol. The minimum absolute atomic E-state index is 0. The zero-order valence-corrected chi connectivity index (χ0v) is 13.9. The van der Waals surface area contributed by atoms with Crippen molar-refractivity contribution in [2.45, 2.75) is 20.0 Å². The number of rotatable bonds is 2. The first-order valence-electron chi connectivity index (χ1n) is 6.96. The predicted octanol–water partition coefficient (Wildman–Crippen LogP) is 0.283. The Morgan fingerprint density at radius 1 is 1.24 bits per heavy atom. The summed E-state index contributed by atoms with van der Waals surface area (Å²) in [5.41, 5.74) is 2.28. The molecule has 0 atom stereocenters. The van der Waals surface area contributed by atoms with Crippen molar-refractivity contribution in [1.82, 2.24) is 24.9 Å². The van der Waals surface area contributed by atoms with E-state index in [-0.39, 0.29) is 30.7 Å². The van der Waals surface area contributed by atoms with Crippen LogP contribution in [0, 0.1) is 6.92 Å². The molecule has 0 saturated carbocycles. The fourth-order valence-corrected chi connectivity index (χ4v) is 2.80. The van der Waals surface area contributed by atoms with Gasteiger partial charge in [0.15, 0.2) is 0 Å². The zero-order valence-electron chi connectivity index (χ0n) is 12.2. The highest BCUT2D eigenvalue weighted by atomic mass is 35.5. The van der Waals surface area contributed by atoms with Gasteiger partial charge in [0, 0.05) is 39.3 Å². The average Bonchev–Trinajstić information content (AvgIpc) is 2.79. The number of piperazine rings is 1. The minimum Gasteiger partial charge on any atom is -0.339 e. The molecular weight excluding hydrogens is 313 g/mol. The van der Waals surface area contributed by atoms with E-state index >= 15 is 0 Å². The summed E-state index contributed by atoms with van der Waals surface area (Å²) in [5, 5.41) is 7.71. The summed E-state index contributed by atoms with van der Waals surface area (Å²) in [6.07, 6.45) is 0. The van der Waals surface area contributed by atoms with Crippen molar-refractivity contribution in [1.29, 1.82) is 0 Å². The third-order valence-electron chi connectivity index (χ3n) is 3.83. The number of fused-ring (bicyclic) bond motifs is 1. The van der Waals surface area contributed by atoms with Crippen molar-refractivity contribution in [2.24, 2.45) is 0 Å². The number of hydrogen-bond acceptors (Lipinski definition) is 4. The Bertz CT molecular complexity index is 473. The number of amides is 1. The number of carbonyl (C=O) groups excluding carboxylic acids is 1. The number of hydrogen-bond donors (Lipinski definition) is 1. The van der Waals surface area contributed by atoms with Gasteiger partial charge in [0.1, 0.15) is 0 Å². The standard InChI is InChI=1S/C13H21N5O.2ClH/c1-11-8-12-9-16(6-7-18(12)15-11)10-13(19)17-4-2-14-3-5-17;;/h8,14H,2-7,9-10H2,1H3;2*1H. The first kappa shape index (κ1) is 18.2. The van der Waals surface area contributed by atoms with Crippen LogP contribution in [0.5, 0.6) is 0 Å². The molecule has 1 amide bonds. The van der Waals surface area contributed by atoms with Crippen LogP contribution in [0.1, 0.15) is 11.4 Å². The number of nitrogens with zero attached hydrogens (tertiary/aromatic N) is 4. The topological polar surface area (TPSA) is 53.4 Å². The van der Waals surface area contributed by atoms with E-state index in [4.69, 9.17) is 0 Å². The molecule has 8 heteroatoms. The van der Waals surface area contributed by atoms with Gasteiger partial charge in [-0.25, -0.2) is 0 Å². The monoisotopic (exact) mass is 335 g/mol. The molecule has 0 radical (unpaired) electrons. The van der Waals surface area contributed by atoms with Gasteiger partial charge in [-0.15, -0.1) is 24.8 Å². The highest BCUT2D eigenvalue weighted by molar-refractivity contribution is 5.85. The second-order valence-corrected chi connectivity index (χ2v) is 5.34. The molecule has 1 aromatic rings. The lowest BCUT2D eigenvalue weighted by molar-refractivity contribution is -0.133. The van der Waals surface area contributed by atoms with Crippen molar-refractivity contribution >= 4 is 30.7 Å². The normalized spacial score (nSPS) is 18.4. The Balaban J connectivity index is 0.00000110. The number of aromatic nitrogens is 2. The molecule has 3 heterocycles. The van der Waals surface area contributed by atoms with Crippen LogP contribution in [0.2, 0.25) is 0 Å². The fraction of sp³-hybridized carbons (Fsp3) is 0.692. The molecule has 3 rings (SSSR count). The molecule has 0 spiro atoms. The summed E-state index contributed by atoms with van der Waals surface area (Å²) in [5.74, 6) is 0.256. The van der Waals surface area contributed by atoms with Gasteiger partial charge >= 0.3 is 0 Å². The molecule has 1 N–H and O–H groups in total. The smallest absolute Gasteiger partial charge is 0.236 e. The maximum Gasteiger partial charge on any atom is 0.236 e. The van der Waals surface area contributed by atoms with Crippen LogP contribution in [-0.4, -0.2) is 64.8 Å². The van der Waals surface area contributed by atoms with E-state index in [1.165, 1.54) is 5.69 Å². The summed E-state index contributed by atoms with van der Waals surface area (Å²) in [6, 6.07) is 2.11. The molecule has 2 aliphatic rings. The highest BCUT2D eigenvalue weighted by Gasteiger charge is 2.22. The first-order valence-corrected chi connectivity index (χ1v) is 6.96. The van der Waals surface area contributed by atoms with E-state index in [0.29, 0.717) is 6.54 Å². The van der Waals surface area contributed by atoms with Gasteiger partial charge in [0.05, 0.1) is 24.5 Å². The van der Waals surface area contributed by atoms with Gasteiger partial charge < -0.3 is 10.2 Å². The van der Waals surface area contributed by atoms with Gasteiger partial charge in [-0.05, 0) is 13.0 Å². The second-order valence-electron chi connectivity index (χ2n) is 5.34. The summed E-state index contributed by atoms with van der Waals surface area (Å²) < 4.78 is 2.06. The minimum atomic E-state index is 0. The quantitative estimate of drug-likeness (QED) is 0.843. The molecule has 0 aromatic carbocycles. The molecule has 1 aromatic heterocycles. The molecule has 6 nitrogen and oxygen atoms in total. The van der Waals surface area contributed by atoms with Crippen LogP contribution < -0.4 is 5.32 Å². The summed E-state index contributed by atoms with van der Waals surface area (Å²) in [6.45, 7) is 8.68. The summed E-state index contributed by atoms with van der Waals surface area (Å²) >= 11 is 0. The number of aryl methyl sites for hydroxylation is 1. The van der Waals surface area contributed by atoms with Crippen LogP contribution in [-0.2, 0) is 17.9 Å². The maximum absolute atomic E-state index is 12.2. The Hall–Kier alpha value is -0.820. The largest absolute Gasteiger partial charge is 0.339 e. The van der Waals surface area contributed by atoms with E-state index in [0.717, 1.165) is 51.5 Å². The molecule has 1 saturated heterocycles. The molecule has 120 valence electrons. The van der Waals surface area contributed by atoms with E-state index in [1.54, 1.807) is 0 Å². The predicted molar refractivity (Wildman–Crippen MR) is 86.2 cm³/mol.